The summed E-state index contributed by atoms with van der Waals surface area (Å²) in [5.74, 6) is -5.15. The fourth-order valence-corrected chi connectivity index (χ4v) is 8.81. The number of fused-ring (bicyclic) bond motifs is 5. The number of thiazole rings is 2. The summed E-state index contributed by atoms with van der Waals surface area (Å²) in [5, 5.41) is 0.410. The van der Waals surface area contributed by atoms with Gasteiger partial charge >= 0.3 is 17.5 Å². The maximum absolute atomic E-state index is 14.5. The van der Waals surface area contributed by atoms with Gasteiger partial charge in [-0.15, -0.1) is 22.7 Å². The number of ketones is 4. The average Bonchev–Trinajstić information content (AvgIpc) is 3.97. The van der Waals surface area contributed by atoms with Crippen LogP contribution in [-0.4, -0.2) is 45.0 Å². The van der Waals surface area contributed by atoms with E-state index in [1.807, 2.05) is 0 Å². The summed E-state index contributed by atoms with van der Waals surface area (Å²) in [6, 6.07) is 30.9. The molecule has 9 rings (SSSR count). The Balaban J connectivity index is 1.20. The van der Waals surface area contributed by atoms with Crippen LogP contribution in [0.15, 0.2) is 109 Å². The Hall–Kier alpha value is -6.96. The largest absolute Gasteiger partial charge is 0.457 e. The van der Waals surface area contributed by atoms with Gasteiger partial charge in [0.2, 0.25) is 29.0 Å². The highest BCUT2D eigenvalue weighted by Crippen LogP contribution is 2.52. The Kier molecular flexibility index (Phi) is 8.52. The number of carbonyl (C=O) groups is 6. The number of carbonyl (C=O) groups excluding carboxylic acids is 6. The molecule has 1 aliphatic heterocycles. The van der Waals surface area contributed by atoms with Crippen LogP contribution in [0.2, 0.25) is 0 Å². The Morgan fingerprint density at radius 3 is 1.48 bits per heavy atom. The molecule has 0 radical (unpaired) electrons. The van der Waals surface area contributed by atoms with Crippen LogP contribution in [0.1, 0.15) is 58.7 Å². The van der Waals surface area contributed by atoms with Gasteiger partial charge in [-0.1, -0.05) is 109 Å². The highest BCUT2D eigenvalue weighted by molar-refractivity contribution is 7.23. The number of ether oxygens (including phenoxy) is 3. The lowest BCUT2D eigenvalue weighted by Gasteiger charge is -2.31. The van der Waals surface area contributed by atoms with Gasteiger partial charge in [-0.3, -0.25) is 19.2 Å². The second kappa shape index (κ2) is 13.7. The van der Waals surface area contributed by atoms with E-state index in [9.17, 15) is 28.8 Å². The molecule has 0 amide bonds. The van der Waals surface area contributed by atoms with Crippen LogP contribution in [0.25, 0.3) is 33.1 Å². The number of hydrogen-bond donors (Lipinski definition) is 0. The number of aromatic nitrogens is 2. The van der Waals surface area contributed by atoms with E-state index in [1.165, 1.54) is 12.2 Å². The summed E-state index contributed by atoms with van der Waals surface area (Å²) < 4.78 is 17.9. The lowest BCUT2D eigenvalue weighted by Crippen LogP contribution is -2.52. The molecule has 272 valence electrons. The molecule has 13 heteroatoms. The van der Waals surface area contributed by atoms with Crippen LogP contribution in [0.5, 0.6) is 5.88 Å². The first kappa shape index (κ1) is 34.8. The van der Waals surface area contributed by atoms with Crippen molar-refractivity contribution in [3.63, 3.8) is 0 Å². The number of hydrogen-bond acceptors (Lipinski definition) is 13. The van der Waals surface area contributed by atoms with E-state index in [1.54, 1.807) is 109 Å². The zero-order valence-corrected chi connectivity index (χ0v) is 30.5. The van der Waals surface area contributed by atoms with Crippen molar-refractivity contribution in [3.8, 4) is 15.6 Å². The van der Waals surface area contributed by atoms with Gasteiger partial charge in [-0.05, 0) is 34.4 Å². The summed E-state index contributed by atoms with van der Waals surface area (Å²) in [6.07, 6.45) is 2.90. The predicted molar refractivity (Wildman–Crippen MR) is 205 cm³/mol. The molecule has 6 aromatic rings. The van der Waals surface area contributed by atoms with Crippen molar-refractivity contribution in [2.45, 2.75) is 18.8 Å². The maximum atomic E-state index is 14.5. The van der Waals surface area contributed by atoms with Crippen LogP contribution in [0.4, 0.5) is 0 Å². The van der Waals surface area contributed by atoms with Crippen molar-refractivity contribution >= 4 is 81.0 Å². The second-order valence-corrected chi connectivity index (χ2v) is 14.9. The van der Waals surface area contributed by atoms with Gasteiger partial charge in [0, 0.05) is 22.3 Å². The van der Waals surface area contributed by atoms with E-state index in [4.69, 9.17) is 19.2 Å². The first-order valence-electron chi connectivity index (χ1n) is 17.2. The number of benzene rings is 4. The number of allylic oxidation sites excluding steroid dienone is 2. The van der Waals surface area contributed by atoms with Crippen LogP contribution < -0.4 is 4.74 Å². The highest BCUT2D eigenvalue weighted by atomic mass is 32.1. The Bertz CT molecular complexity index is 2690. The summed E-state index contributed by atoms with van der Waals surface area (Å²) in [7, 11) is 0. The third-order valence-electron chi connectivity index (χ3n) is 9.41. The number of rotatable bonds is 8. The van der Waals surface area contributed by atoms with Gasteiger partial charge in [0.15, 0.2) is 0 Å². The molecule has 4 aromatic carbocycles. The number of nitrogens with zero attached hydrogens (tertiary/aromatic N) is 2. The Labute approximate surface area is 325 Å². The maximum Gasteiger partial charge on any atom is 0.369 e. The molecule has 56 heavy (non-hydrogen) atoms. The quantitative estimate of drug-likeness (QED) is 0.0682. The van der Waals surface area contributed by atoms with Crippen LogP contribution in [-0.2, 0) is 47.5 Å². The van der Waals surface area contributed by atoms with E-state index in [2.05, 4.69) is 4.98 Å². The van der Waals surface area contributed by atoms with Gasteiger partial charge in [-0.2, -0.15) is 0 Å². The summed E-state index contributed by atoms with van der Waals surface area (Å²) in [5.41, 5.74) is 0.0818. The van der Waals surface area contributed by atoms with E-state index in [0.717, 1.165) is 22.7 Å². The summed E-state index contributed by atoms with van der Waals surface area (Å²) in [4.78, 5) is 91.0. The zero-order chi connectivity index (χ0) is 38.6. The number of esters is 2. The minimum absolute atomic E-state index is 0.0968. The fourth-order valence-electron chi connectivity index (χ4n) is 6.69. The molecule has 2 aromatic heterocycles. The monoisotopic (exact) mass is 776 g/mol. The molecule has 3 heterocycles. The van der Waals surface area contributed by atoms with Crippen molar-refractivity contribution in [1.82, 2.24) is 9.97 Å². The molecular formula is C43H24N2O9S2. The lowest BCUT2D eigenvalue weighted by molar-refractivity contribution is -0.184. The van der Waals surface area contributed by atoms with Crippen LogP contribution in [0.3, 0.4) is 0 Å². The van der Waals surface area contributed by atoms with Gasteiger partial charge < -0.3 is 14.2 Å². The van der Waals surface area contributed by atoms with E-state index < -0.39 is 40.7 Å². The summed E-state index contributed by atoms with van der Waals surface area (Å²) >= 11 is 2.12. The van der Waals surface area contributed by atoms with E-state index in [0.29, 0.717) is 27.1 Å². The standard InChI is InChI=1S/C43H24N2O9S2/c46-33-27-17-9-7-15-25(27)29(35(33)48)19-31-44-39-37(55-31)38-40(45-32(56-38)20-30-26-16-8-10-18-28(26)34(47)36(30)49)54-43(39,41(50)52-21-23-11-3-1-4-12-23)42(51)53-22-24-13-5-2-6-14-24/h1-20H,21-22H2/b29-19-,30-20-. The first-order chi connectivity index (χ1) is 27.2. The predicted octanol–water partition coefficient (Wildman–Crippen LogP) is 6.95. The molecule has 0 saturated carbocycles. The fraction of sp³-hybridized carbons (Fsp3) is 0.0698. The molecule has 3 aliphatic rings. The average molecular weight is 777 g/mol. The highest BCUT2D eigenvalue weighted by Gasteiger charge is 2.60. The van der Waals surface area contributed by atoms with Crippen molar-refractivity contribution in [2.24, 2.45) is 0 Å². The van der Waals surface area contributed by atoms with Crippen molar-refractivity contribution in [1.29, 1.82) is 0 Å². The molecule has 0 N–H and O–H groups in total. The molecule has 0 atom stereocenters. The van der Waals surface area contributed by atoms with Gasteiger partial charge in [0.05, 0.1) is 4.88 Å². The SMILES string of the molecule is O=C1C(=O)c2ccccc2/C1=C/c1nc2c(s1)-c1sc(/C=C3\C(=O)C(=O)c4ccccc43)nc1C(C(=O)OCc1ccccc1)(C(=O)OCc1ccccc1)O2. The molecule has 2 aliphatic carbocycles. The Morgan fingerprint density at radius 1 is 0.554 bits per heavy atom. The second-order valence-electron chi connectivity index (χ2n) is 12.8. The molecule has 0 unspecified atom stereocenters. The van der Waals surface area contributed by atoms with Crippen molar-refractivity contribution < 1.29 is 43.0 Å². The topological polar surface area (TPSA) is 156 Å². The molecule has 0 saturated heterocycles. The minimum Gasteiger partial charge on any atom is -0.457 e. The first-order valence-corrected chi connectivity index (χ1v) is 18.8. The molecular weight excluding hydrogens is 753 g/mol. The molecule has 11 nitrogen and oxygen atoms in total. The molecule has 0 spiro atoms. The minimum atomic E-state index is -2.64. The van der Waals surface area contributed by atoms with Crippen LogP contribution in [0, 0.1) is 0 Å². The Morgan fingerprint density at radius 2 is 0.982 bits per heavy atom. The third-order valence-corrected chi connectivity index (χ3v) is 11.6. The van der Waals surface area contributed by atoms with E-state index >= 15 is 0 Å². The molecule has 0 bridgehead atoms. The smallest absolute Gasteiger partial charge is 0.369 e. The van der Waals surface area contributed by atoms with Crippen LogP contribution >= 0.6 is 22.7 Å². The number of Topliss-reactive ketones (excluding diaryl/α,β-unsaturated/α-hetero) is 4. The van der Waals surface area contributed by atoms with Gasteiger partial charge in [0.1, 0.15) is 33.8 Å². The third kappa shape index (κ3) is 5.72. The van der Waals surface area contributed by atoms with E-state index in [-0.39, 0.29) is 62.0 Å². The normalized spacial score (nSPS) is 16.3. The molecule has 0 fully saturated rings. The van der Waals surface area contributed by atoms with Gasteiger partial charge in [0.25, 0.3) is 0 Å². The lowest BCUT2D eigenvalue weighted by atomic mass is 9.95. The van der Waals surface area contributed by atoms with Crippen molar-refractivity contribution in [2.75, 3.05) is 0 Å². The summed E-state index contributed by atoms with van der Waals surface area (Å²) in [6.45, 7) is -0.450. The van der Waals surface area contributed by atoms with Gasteiger partial charge in [-0.25, -0.2) is 19.6 Å². The zero-order valence-electron chi connectivity index (χ0n) is 28.8. The van der Waals surface area contributed by atoms with Crippen molar-refractivity contribution in [3.05, 3.63) is 158 Å².